The Balaban J connectivity index is 2.68. The highest BCUT2D eigenvalue weighted by molar-refractivity contribution is 6.01. The van der Waals surface area contributed by atoms with E-state index in [0.29, 0.717) is 5.52 Å². The van der Waals surface area contributed by atoms with Crippen LogP contribution < -0.4 is 16.5 Å². The predicted molar refractivity (Wildman–Crippen MR) is 87.6 cm³/mol. The van der Waals surface area contributed by atoms with Gasteiger partial charge in [-0.1, -0.05) is 6.07 Å². The Bertz CT molecular complexity index is 839. The lowest BCUT2D eigenvalue weighted by molar-refractivity contribution is -0.138. The second kappa shape index (κ2) is 6.12. The molecule has 122 valence electrons. The Morgan fingerprint density at radius 2 is 1.91 bits per heavy atom. The number of nitrogen functional groups attached to an aromatic ring is 1. The van der Waals surface area contributed by atoms with Crippen LogP contribution in [0.2, 0.25) is 0 Å². The van der Waals surface area contributed by atoms with Crippen LogP contribution in [-0.4, -0.2) is 27.6 Å². The number of amides is 1. The number of carboxylic acids is 1. The van der Waals surface area contributed by atoms with E-state index in [0.717, 1.165) is 0 Å². The number of benzene rings is 1. The first-order valence-corrected chi connectivity index (χ1v) is 7.21. The number of nitrogens with zero attached hydrogens (tertiary/aromatic N) is 1. The zero-order chi connectivity index (χ0) is 17.3. The Kier molecular flexibility index (Phi) is 4.40. The van der Waals surface area contributed by atoms with Crippen LogP contribution >= 0.6 is 0 Å². The molecule has 1 amide bonds. The summed E-state index contributed by atoms with van der Waals surface area (Å²) in [7, 11) is 0. The first kappa shape index (κ1) is 16.5. The normalized spacial score (nSPS) is 12.3. The Labute approximate surface area is 132 Å². The van der Waals surface area contributed by atoms with Gasteiger partial charge < -0.3 is 20.7 Å². The van der Waals surface area contributed by atoms with E-state index in [2.05, 4.69) is 5.32 Å². The van der Waals surface area contributed by atoms with Gasteiger partial charge in [0.2, 0.25) is 5.43 Å². The Morgan fingerprint density at radius 1 is 1.26 bits per heavy atom. The fraction of sp³-hybridized carbons (Fsp3) is 0.312. The number of carbonyl (C=O) groups excluding carboxylic acids is 1. The molecule has 0 bridgehead atoms. The van der Waals surface area contributed by atoms with Crippen molar-refractivity contribution < 1.29 is 14.7 Å². The summed E-state index contributed by atoms with van der Waals surface area (Å²) >= 11 is 0. The zero-order valence-corrected chi connectivity index (χ0v) is 13.2. The molecule has 0 fully saturated rings. The summed E-state index contributed by atoms with van der Waals surface area (Å²) in [5.74, 6) is -1.91. The average Bonchev–Trinajstić information content (AvgIpc) is 2.46. The van der Waals surface area contributed by atoms with Gasteiger partial charge in [-0.25, -0.2) is 0 Å². The van der Waals surface area contributed by atoms with Gasteiger partial charge in [-0.3, -0.25) is 14.4 Å². The number of nitrogens with two attached hydrogens (primary N) is 1. The van der Waals surface area contributed by atoms with Crippen molar-refractivity contribution in [2.24, 2.45) is 0 Å². The number of aromatic nitrogens is 1. The van der Waals surface area contributed by atoms with Crippen LogP contribution in [0.15, 0.2) is 29.2 Å². The van der Waals surface area contributed by atoms with Gasteiger partial charge in [0.1, 0.15) is 11.6 Å². The first-order valence-electron chi connectivity index (χ1n) is 7.21. The summed E-state index contributed by atoms with van der Waals surface area (Å²) in [5.41, 5.74) is 6.18. The van der Waals surface area contributed by atoms with Crippen LogP contribution in [0.5, 0.6) is 0 Å². The Hall–Kier alpha value is -2.83. The van der Waals surface area contributed by atoms with Crippen molar-refractivity contribution in [1.29, 1.82) is 0 Å². The molecule has 0 radical (unpaired) electrons. The molecule has 1 unspecified atom stereocenters. The minimum atomic E-state index is -1.18. The van der Waals surface area contributed by atoms with Gasteiger partial charge in [0.25, 0.3) is 5.91 Å². The number of pyridine rings is 1. The molecule has 7 nitrogen and oxygen atoms in total. The highest BCUT2D eigenvalue weighted by Gasteiger charge is 2.21. The van der Waals surface area contributed by atoms with Crippen LogP contribution in [-0.2, 0) is 4.79 Å². The number of rotatable bonds is 4. The van der Waals surface area contributed by atoms with Crippen LogP contribution in [0.4, 0.5) is 5.69 Å². The molecule has 4 N–H and O–H groups in total. The maximum Gasteiger partial charge on any atom is 0.325 e. The fourth-order valence-corrected chi connectivity index (χ4v) is 2.35. The molecular formula is C16H19N3O4. The van der Waals surface area contributed by atoms with Crippen molar-refractivity contribution in [2.45, 2.75) is 32.9 Å². The third-order valence-corrected chi connectivity index (χ3v) is 3.61. The van der Waals surface area contributed by atoms with E-state index < -0.39 is 23.3 Å². The summed E-state index contributed by atoms with van der Waals surface area (Å²) in [4.78, 5) is 35.8. The van der Waals surface area contributed by atoms with Crippen molar-refractivity contribution in [3.05, 3.63) is 40.2 Å². The molecule has 0 aliphatic heterocycles. The second-order valence-corrected chi connectivity index (χ2v) is 5.65. The van der Waals surface area contributed by atoms with E-state index in [-0.39, 0.29) is 22.7 Å². The van der Waals surface area contributed by atoms with Crippen molar-refractivity contribution in [1.82, 2.24) is 9.88 Å². The molecule has 0 spiro atoms. The third-order valence-electron chi connectivity index (χ3n) is 3.61. The lowest BCUT2D eigenvalue weighted by Gasteiger charge is -2.18. The second-order valence-electron chi connectivity index (χ2n) is 5.65. The maximum absolute atomic E-state index is 12.6. The number of hydrogen-bond donors (Lipinski definition) is 3. The SMILES string of the molecule is CC(NC(=O)c1cn(C(C)C)c2cccc(N)c2c1=O)C(=O)O. The van der Waals surface area contributed by atoms with Gasteiger partial charge in [-0.15, -0.1) is 0 Å². The molecule has 0 saturated carbocycles. The van der Waals surface area contributed by atoms with E-state index in [9.17, 15) is 14.4 Å². The van der Waals surface area contributed by atoms with Gasteiger partial charge in [0.15, 0.2) is 0 Å². The molecule has 1 atom stereocenters. The molecule has 2 aromatic rings. The summed E-state index contributed by atoms with van der Waals surface area (Å²) in [6.07, 6.45) is 1.44. The van der Waals surface area contributed by atoms with E-state index in [1.54, 1.807) is 22.8 Å². The molecule has 1 aromatic carbocycles. The molecule has 1 aromatic heterocycles. The topological polar surface area (TPSA) is 114 Å². The number of carboxylic acid groups (broad SMARTS) is 1. The van der Waals surface area contributed by atoms with Gasteiger partial charge in [-0.05, 0) is 32.9 Å². The molecule has 0 aliphatic carbocycles. The van der Waals surface area contributed by atoms with Crippen LogP contribution in [0, 0.1) is 0 Å². The van der Waals surface area contributed by atoms with Crippen LogP contribution in [0.1, 0.15) is 37.2 Å². The summed E-state index contributed by atoms with van der Waals surface area (Å²) in [6.45, 7) is 5.15. The monoisotopic (exact) mass is 317 g/mol. The molecule has 0 saturated heterocycles. The minimum absolute atomic E-state index is 0.0108. The van der Waals surface area contributed by atoms with E-state index in [1.807, 2.05) is 13.8 Å². The van der Waals surface area contributed by atoms with Crippen LogP contribution in [0.25, 0.3) is 10.9 Å². The number of nitrogens with one attached hydrogen (secondary N) is 1. The summed E-state index contributed by atoms with van der Waals surface area (Å²) in [5, 5.41) is 11.4. The largest absolute Gasteiger partial charge is 0.480 e. The van der Waals surface area contributed by atoms with E-state index >= 15 is 0 Å². The molecule has 1 heterocycles. The maximum atomic E-state index is 12.6. The summed E-state index contributed by atoms with van der Waals surface area (Å²) in [6, 6.07) is 3.98. The zero-order valence-electron chi connectivity index (χ0n) is 13.2. The lowest BCUT2D eigenvalue weighted by Crippen LogP contribution is -2.40. The van der Waals surface area contributed by atoms with Crippen molar-refractivity contribution >= 4 is 28.5 Å². The third kappa shape index (κ3) is 3.03. The van der Waals surface area contributed by atoms with Gasteiger partial charge in [0, 0.05) is 17.9 Å². The predicted octanol–water partition coefficient (Wildman–Crippen LogP) is 1.37. The number of anilines is 1. The van der Waals surface area contributed by atoms with Gasteiger partial charge >= 0.3 is 5.97 Å². The number of aliphatic carboxylic acids is 1. The molecule has 7 heteroatoms. The highest BCUT2D eigenvalue weighted by atomic mass is 16.4. The van der Waals surface area contributed by atoms with Crippen molar-refractivity contribution in [2.75, 3.05) is 5.73 Å². The lowest BCUT2D eigenvalue weighted by atomic mass is 10.1. The smallest absolute Gasteiger partial charge is 0.325 e. The number of fused-ring (bicyclic) bond motifs is 1. The van der Waals surface area contributed by atoms with Crippen molar-refractivity contribution in [3.8, 4) is 0 Å². The molecule has 2 rings (SSSR count). The molecular weight excluding hydrogens is 298 g/mol. The average molecular weight is 317 g/mol. The van der Waals surface area contributed by atoms with Gasteiger partial charge in [0.05, 0.1) is 10.9 Å². The van der Waals surface area contributed by atoms with Crippen LogP contribution in [0.3, 0.4) is 0 Å². The number of hydrogen-bond acceptors (Lipinski definition) is 4. The van der Waals surface area contributed by atoms with Crippen molar-refractivity contribution in [3.63, 3.8) is 0 Å². The quantitative estimate of drug-likeness (QED) is 0.737. The molecule has 23 heavy (non-hydrogen) atoms. The minimum Gasteiger partial charge on any atom is -0.480 e. The van der Waals surface area contributed by atoms with E-state index in [4.69, 9.17) is 10.8 Å². The first-order chi connectivity index (χ1) is 10.7. The Morgan fingerprint density at radius 3 is 2.48 bits per heavy atom. The molecule has 0 aliphatic rings. The standard InChI is InChI=1S/C16H19N3O4/c1-8(2)19-7-10(15(21)18-9(3)16(22)23)14(20)13-11(17)5-4-6-12(13)19/h4-9H,17H2,1-3H3,(H,18,21)(H,22,23). The number of carbonyl (C=O) groups is 2. The van der Waals surface area contributed by atoms with E-state index in [1.165, 1.54) is 13.1 Å². The van der Waals surface area contributed by atoms with Gasteiger partial charge in [-0.2, -0.15) is 0 Å². The summed E-state index contributed by atoms with van der Waals surface area (Å²) < 4.78 is 1.77. The fourth-order valence-electron chi connectivity index (χ4n) is 2.35. The highest BCUT2D eigenvalue weighted by Crippen LogP contribution is 2.21.